The van der Waals surface area contributed by atoms with Gasteiger partial charge in [0.15, 0.2) is 5.75 Å². The van der Waals surface area contributed by atoms with Crippen molar-refractivity contribution in [1.82, 2.24) is 0 Å². The number of aliphatic hydroxyl groups excluding tert-OH is 2. The second kappa shape index (κ2) is 7.21. The fourth-order valence-electron chi connectivity index (χ4n) is 1.67. The summed E-state index contributed by atoms with van der Waals surface area (Å²) in [6.45, 7) is 0. The van der Waals surface area contributed by atoms with Crippen LogP contribution >= 0.6 is 11.6 Å². The topological polar surface area (TPSA) is 119 Å². The third-order valence-electron chi connectivity index (χ3n) is 2.78. The highest BCUT2D eigenvalue weighted by atomic mass is 35.5. The Kier molecular flexibility index (Phi) is 5.89. The van der Waals surface area contributed by atoms with Crippen molar-refractivity contribution in [3.05, 3.63) is 32.8 Å². The maximum Gasteiger partial charge on any atom is 0.311 e. The van der Waals surface area contributed by atoms with Crippen LogP contribution in [0.3, 0.4) is 0 Å². The monoisotopic (exact) mass is 319 g/mol. The number of halogens is 1. The SMILES string of the molecule is COC(=O)CC(O)C(O)c1cc([N+](=O)[O-])c(OC)cc1Cl. The molecule has 9 heteroatoms. The molecular formula is C12H14ClNO7. The predicted octanol–water partition coefficient (Wildman–Crippen LogP) is 1.21. The van der Waals surface area contributed by atoms with Crippen molar-refractivity contribution in [1.29, 1.82) is 0 Å². The van der Waals surface area contributed by atoms with E-state index in [0.717, 1.165) is 19.2 Å². The molecule has 8 nitrogen and oxygen atoms in total. The van der Waals surface area contributed by atoms with Crippen LogP contribution < -0.4 is 4.74 Å². The van der Waals surface area contributed by atoms with E-state index in [4.69, 9.17) is 16.3 Å². The number of ether oxygens (including phenoxy) is 2. The van der Waals surface area contributed by atoms with Crippen LogP contribution in [0.2, 0.25) is 5.02 Å². The zero-order valence-corrected chi connectivity index (χ0v) is 12.0. The Labute approximate surface area is 125 Å². The molecule has 21 heavy (non-hydrogen) atoms. The second-order valence-electron chi connectivity index (χ2n) is 4.10. The molecule has 0 amide bonds. The molecule has 116 valence electrons. The molecule has 0 aliphatic heterocycles. The highest BCUT2D eigenvalue weighted by Crippen LogP contribution is 2.36. The quantitative estimate of drug-likeness (QED) is 0.459. The number of rotatable bonds is 6. The van der Waals surface area contributed by atoms with E-state index in [0.29, 0.717) is 0 Å². The fourth-order valence-corrected chi connectivity index (χ4v) is 1.93. The Balaban J connectivity index is 3.14. The van der Waals surface area contributed by atoms with Crippen LogP contribution in [0.25, 0.3) is 0 Å². The summed E-state index contributed by atoms with van der Waals surface area (Å²) in [7, 11) is 2.37. The molecule has 0 saturated carbocycles. The predicted molar refractivity (Wildman–Crippen MR) is 72.3 cm³/mol. The van der Waals surface area contributed by atoms with E-state index in [-0.39, 0.29) is 16.3 Å². The molecule has 2 unspecified atom stereocenters. The average molecular weight is 320 g/mol. The molecule has 0 saturated heterocycles. The largest absolute Gasteiger partial charge is 0.490 e. The van der Waals surface area contributed by atoms with Crippen LogP contribution in [0, 0.1) is 10.1 Å². The number of benzene rings is 1. The lowest BCUT2D eigenvalue weighted by atomic mass is 10.0. The lowest BCUT2D eigenvalue weighted by molar-refractivity contribution is -0.385. The van der Waals surface area contributed by atoms with Gasteiger partial charge in [-0.2, -0.15) is 0 Å². The Hall–Kier alpha value is -1.90. The van der Waals surface area contributed by atoms with E-state index in [1.54, 1.807) is 0 Å². The van der Waals surface area contributed by atoms with Gasteiger partial charge in [0.2, 0.25) is 0 Å². The number of esters is 1. The molecule has 2 atom stereocenters. The first-order valence-electron chi connectivity index (χ1n) is 5.76. The molecule has 0 spiro atoms. The van der Waals surface area contributed by atoms with Gasteiger partial charge in [-0.3, -0.25) is 14.9 Å². The van der Waals surface area contributed by atoms with Crippen molar-refractivity contribution >= 4 is 23.3 Å². The van der Waals surface area contributed by atoms with Crippen LogP contribution in [0.15, 0.2) is 12.1 Å². The summed E-state index contributed by atoms with van der Waals surface area (Å²) in [5.41, 5.74) is -0.498. The van der Waals surface area contributed by atoms with E-state index in [2.05, 4.69) is 4.74 Å². The Morgan fingerprint density at radius 3 is 2.52 bits per heavy atom. The summed E-state index contributed by atoms with van der Waals surface area (Å²) in [6, 6.07) is 2.15. The average Bonchev–Trinajstić information content (AvgIpc) is 2.45. The number of aliphatic hydroxyl groups is 2. The number of nitro groups is 1. The Morgan fingerprint density at radius 1 is 1.43 bits per heavy atom. The molecule has 2 N–H and O–H groups in total. The summed E-state index contributed by atoms with van der Waals surface area (Å²) in [6.07, 6.45) is -3.57. The van der Waals surface area contributed by atoms with Gasteiger partial charge in [-0.1, -0.05) is 11.6 Å². The summed E-state index contributed by atoms with van der Waals surface area (Å²) >= 11 is 5.90. The number of hydrogen-bond donors (Lipinski definition) is 2. The van der Waals surface area contributed by atoms with Crippen LogP contribution in [-0.4, -0.2) is 41.4 Å². The Bertz CT molecular complexity index is 549. The minimum absolute atomic E-state index is 0.0335. The van der Waals surface area contributed by atoms with E-state index in [1.165, 1.54) is 7.11 Å². The number of methoxy groups -OCH3 is 2. The standard InChI is InChI=1S/C12H14ClNO7/c1-20-10-4-7(13)6(3-8(10)14(18)19)12(17)9(15)5-11(16)21-2/h3-4,9,12,15,17H,5H2,1-2H3. The molecular weight excluding hydrogens is 306 g/mol. The number of hydrogen-bond acceptors (Lipinski definition) is 7. The van der Waals surface area contributed by atoms with Gasteiger partial charge >= 0.3 is 11.7 Å². The van der Waals surface area contributed by atoms with Crippen molar-refractivity contribution < 1.29 is 29.4 Å². The molecule has 1 rings (SSSR count). The molecule has 0 aromatic heterocycles. The lowest BCUT2D eigenvalue weighted by Crippen LogP contribution is -2.23. The van der Waals surface area contributed by atoms with Gasteiger partial charge in [-0.25, -0.2) is 0 Å². The lowest BCUT2D eigenvalue weighted by Gasteiger charge is -2.18. The van der Waals surface area contributed by atoms with Gasteiger partial charge in [0.05, 0.1) is 36.7 Å². The first-order valence-corrected chi connectivity index (χ1v) is 6.14. The van der Waals surface area contributed by atoms with Crippen LogP contribution in [0.1, 0.15) is 18.1 Å². The Morgan fingerprint density at radius 2 is 2.05 bits per heavy atom. The molecule has 1 aromatic carbocycles. The zero-order chi connectivity index (χ0) is 16.2. The minimum Gasteiger partial charge on any atom is -0.490 e. The zero-order valence-electron chi connectivity index (χ0n) is 11.3. The molecule has 0 fully saturated rings. The molecule has 0 aliphatic carbocycles. The minimum atomic E-state index is -1.58. The van der Waals surface area contributed by atoms with E-state index >= 15 is 0 Å². The highest BCUT2D eigenvalue weighted by Gasteiger charge is 2.27. The van der Waals surface area contributed by atoms with Crippen molar-refractivity contribution in [2.45, 2.75) is 18.6 Å². The van der Waals surface area contributed by atoms with Crippen molar-refractivity contribution in [2.75, 3.05) is 14.2 Å². The molecule has 0 heterocycles. The van der Waals surface area contributed by atoms with E-state index < -0.39 is 35.2 Å². The first-order chi connectivity index (χ1) is 9.81. The normalized spacial score (nSPS) is 13.4. The van der Waals surface area contributed by atoms with Gasteiger partial charge in [0, 0.05) is 17.7 Å². The van der Waals surface area contributed by atoms with Crippen LogP contribution in [0.5, 0.6) is 5.75 Å². The van der Waals surface area contributed by atoms with E-state index in [9.17, 15) is 25.1 Å². The maximum atomic E-state index is 11.1. The number of carbonyl (C=O) groups is 1. The first kappa shape index (κ1) is 17.2. The second-order valence-corrected chi connectivity index (χ2v) is 4.50. The number of nitro benzene ring substituents is 1. The number of carbonyl (C=O) groups excluding carboxylic acids is 1. The fraction of sp³-hybridized carbons (Fsp3) is 0.417. The molecule has 0 aliphatic rings. The molecule has 1 aromatic rings. The summed E-state index contributed by atoms with van der Waals surface area (Å²) in [4.78, 5) is 21.3. The molecule has 0 bridgehead atoms. The van der Waals surface area contributed by atoms with Gasteiger partial charge < -0.3 is 19.7 Å². The summed E-state index contributed by atoms with van der Waals surface area (Å²) in [5, 5.41) is 30.6. The van der Waals surface area contributed by atoms with Crippen molar-refractivity contribution in [2.24, 2.45) is 0 Å². The van der Waals surface area contributed by atoms with Gasteiger partial charge in [-0.15, -0.1) is 0 Å². The maximum absolute atomic E-state index is 11.1. The van der Waals surface area contributed by atoms with Gasteiger partial charge in [0.25, 0.3) is 0 Å². The highest BCUT2D eigenvalue weighted by molar-refractivity contribution is 6.31. The van der Waals surface area contributed by atoms with Gasteiger partial charge in [-0.05, 0) is 0 Å². The smallest absolute Gasteiger partial charge is 0.311 e. The van der Waals surface area contributed by atoms with Crippen molar-refractivity contribution in [3.8, 4) is 5.75 Å². The van der Waals surface area contributed by atoms with Crippen LogP contribution in [0.4, 0.5) is 5.69 Å². The number of nitrogens with zero attached hydrogens (tertiary/aromatic N) is 1. The molecule has 0 radical (unpaired) electrons. The van der Waals surface area contributed by atoms with Gasteiger partial charge in [0.1, 0.15) is 6.10 Å². The third-order valence-corrected chi connectivity index (χ3v) is 3.11. The van der Waals surface area contributed by atoms with Crippen LogP contribution in [-0.2, 0) is 9.53 Å². The third kappa shape index (κ3) is 4.03. The summed E-state index contributed by atoms with van der Waals surface area (Å²) < 4.78 is 9.18. The van der Waals surface area contributed by atoms with Crippen molar-refractivity contribution in [3.63, 3.8) is 0 Å². The van der Waals surface area contributed by atoms with E-state index in [1.807, 2.05) is 0 Å². The summed E-state index contributed by atoms with van der Waals surface area (Å²) in [5.74, 6) is -0.816.